The zero-order valence-corrected chi connectivity index (χ0v) is 9.96. The van der Waals surface area contributed by atoms with Crippen LogP contribution in [0.1, 0.15) is 15.9 Å². The summed E-state index contributed by atoms with van der Waals surface area (Å²) in [7, 11) is 0. The number of nitrogens with two attached hydrogens (primary N) is 2. The van der Waals surface area contributed by atoms with E-state index in [9.17, 15) is 9.18 Å². The average molecular weight is 273 g/mol. The summed E-state index contributed by atoms with van der Waals surface area (Å²) >= 11 is 0. The van der Waals surface area contributed by atoms with Crippen molar-refractivity contribution < 1.29 is 14.3 Å². The van der Waals surface area contributed by atoms with Crippen LogP contribution in [0.2, 0.25) is 0 Å². The van der Waals surface area contributed by atoms with Gasteiger partial charge in [-0.1, -0.05) is 12.1 Å². The Morgan fingerprint density at radius 1 is 1.35 bits per heavy atom. The monoisotopic (exact) mass is 273 g/mol. The molecule has 0 aliphatic carbocycles. The van der Waals surface area contributed by atoms with Gasteiger partial charge in [0.05, 0.1) is 5.69 Å². The van der Waals surface area contributed by atoms with E-state index in [1.54, 1.807) is 6.07 Å². The Balaban J connectivity index is 2.86. The Labute approximate surface area is 112 Å². The summed E-state index contributed by atoms with van der Waals surface area (Å²) in [6.45, 7) is 0. The highest BCUT2D eigenvalue weighted by molar-refractivity contribution is 5.97. The summed E-state index contributed by atoms with van der Waals surface area (Å²) in [4.78, 5) is 18.6. The molecule has 0 spiro atoms. The minimum absolute atomic E-state index is 0.0881. The molecule has 7 nitrogen and oxygen atoms in total. The second kappa shape index (κ2) is 4.81. The van der Waals surface area contributed by atoms with Gasteiger partial charge in [0, 0.05) is 5.56 Å². The van der Waals surface area contributed by atoms with Crippen LogP contribution < -0.4 is 11.5 Å². The molecule has 2 rings (SSSR count). The van der Waals surface area contributed by atoms with E-state index in [0.29, 0.717) is 0 Å². The van der Waals surface area contributed by atoms with Crippen LogP contribution in [0.5, 0.6) is 0 Å². The fourth-order valence-electron chi connectivity index (χ4n) is 1.74. The molecule has 0 radical (unpaired) electrons. The van der Waals surface area contributed by atoms with Gasteiger partial charge in [-0.15, -0.1) is 0 Å². The van der Waals surface area contributed by atoms with Gasteiger partial charge in [-0.3, -0.25) is 0 Å². The van der Waals surface area contributed by atoms with Gasteiger partial charge in [-0.25, -0.2) is 14.2 Å². The Morgan fingerprint density at radius 2 is 2.05 bits per heavy atom. The van der Waals surface area contributed by atoms with Crippen LogP contribution in [0.3, 0.4) is 0 Å². The van der Waals surface area contributed by atoms with Crippen LogP contribution >= 0.6 is 0 Å². The molecule has 1 aromatic carbocycles. The molecule has 20 heavy (non-hydrogen) atoms. The van der Waals surface area contributed by atoms with Crippen LogP contribution in [0.25, 0.3) is 11.3 Å². The standard InChI is InChI=1S/C12H8FN5O2/c13-7-3-1-2-5(8(7)11(19)20)9-6(4-14)10(15)18-12(16)17-9/h1-3H,(H,19,20)(H4,15,16,17,18). The van der Waals surface area contributed by atoms with Crippen LogP contribution in [-0.4, -0.2) is 21.0 Å². The first-order valence-electron chi connectivity index (χ1n) is 5.31. The van der Waals surface area contributed by atoms with Crippen molar-refractivity contribution >= 4 is 17.7 Å². The lowest BCUT2D eigenvalue weighted by Gasteiger charge is -2.09. The highest BCUT2D eigenvalue weighted by Gasteiger charge is 2.22. The summed E-state index contributed by atoms with van der Waals surface area (Å²) < 4.78 is 13.7. The lowest BCUT2D eigenvalue weighted by Crippen LogP contribution is -2.09. The summed E-state index contributed by atoms with van der Waals surface area (Å²) in [6.07, 6.45) is 0. The summed E-state index contributed by atoms with van der Waals surface area (Å²) in [6, 6.07) is 5.36. The number of carboxylic acids is 1. The second-order valence-corrected chi connectivity index (χ2v) is 3.77. The molecule has 0 aliphatic rings. The molecule has 0 aliphatic heterocycles. The number of nitrogen functional groups attached to an aromatic ring is 2. The smallest absolute Gasteiger partial charge is 0.339 e. The normalized spacial score (nSPS) is 10.0. The SMILES string of the molecule is N#Cc1c(N)nc(N)nc1-c1cccc(F)c1C(=O)O. The van der Waals surface area contributed by atoms with E-state index >= 15 is 0 Å². The maximum absolute atomic E-state index is 13.7. The fraction of sp³-hybridized carbons (Fsp3) is 0. The zero-order chi connectivity index (χ0) is 14.9. The van der Waals surface area contributed by atoms with E-state index in [4.69, 9.17) is 21.8 Å². The quantitative estimate of drug-likeness (QED) is 0.742. The molecule has 5 N–H and O–H groups in total. The number of rotatable bonds is 2. The van der Waals surface area contributed by atoms with Gasteiger partial charge in [-0.05, 0) is 6.07 Å². The van der Waals surface area contributed by atoms with Crippen molar-refractivity contribution in [2.75, 3.05) is 11.5 Å². The van der Waals surface area contributed by atoms with E-state index < -0.39 is 17.3 Å². The Morgan fingerprint density at radius 3 is 2.65 bits per heavy atom. The third-order valence-corrected chi connectivity index (χ3v) is 2.55. The first-order valence-corrected chi connectivity index (χ1v) is 5.31. The minimum Gasteiger partial charge on any atom is -0.478 e. The number of halogens is 1. The lowest BCUT2D eigenvalue weighted by atomic mass is 10.0. The largest absolute Gasteiger partial charge is 0.478 e. The summed E-state index contributed by atoms with van der Waals surface area (Å²) in [5, 5.41) is 18.1. The van der Waals surface area contributed by atoms with E-state index in [1.807, 2.05) is 0 Å². The van der Waals surface area contributed by atoms with E-state index in [-0.39, 0.29) is 28.6 Å². The molecule has 2 aromatic rings. The molecular formula is C12H8FN5O2. The van der Waals surface area contributed by atoms with E-state index in [0.717, 1.165) is 6.07 Å². The molecule has 0 atom stereocenters. The van der Waals surface area contributed by atoms with E-state index in [1.165, 1.54) is 12.1 Å². The number of aromatic carboxylic acids is 1. The fourth-order valence-corrected chi connectivity index (χ4v) is 1.74. The number of carboxylic acid groups (broad SMARTS) is 1. The van der Waals surface area contributed by atoms with Crippen molar-refractivity contribution in [2.24, 2.45) is 0 Å². The van der Waals surface area contributed by atoms with Gasteiger partial charge in [0.2, 0.25) is 5.95 Å². The van der Waals surface area contributed by atoms with Crippen molar-refractivity contribution in [2.45, 2.75) is 0 Å². The molecule has 8 heteroatoms. The van der Waals surface area contributed by atoms with E-state index in [2.05, 4.69) is 9.97 Å². The molecule has 0 amide bonds. The average Bonchev–Trinajstić information content (AvgIpc) is 2.37. The Bertz CT molecular complexity index is 754. The maximum atomic E-state index is 13.7. The van der Waals surface area contributed by atoms with Gasteiger partial charge >= 0.3 is 5.97 Å². The van der Waals surface area contributed by atoms with Gasteiger partial charge in [0.25, 0.3) is 0 Å². The van der Waals surface area contributed by atoms with Crippen LogP contribution in [0.15, 0.2) is 18.2 Å². The summed E-state index contributed by atoms with van der Waals surface area (Å²) in [5.74, 6) is -2.87. The first kappa shape index (κ1) is 13.2. The highest BCUT2D eigenvalue weighted by atomic mass is 19.1. The number of benzene rings is 1. The number of nitriles is 1. The Hall–Kier alpha value is -3.21. The van der Waals surface area contributed by atoms with Gasteiger partial charge in [-0.2, -0.15) is 10.2 Å². The third-order valence-electron chi connectivity index (χ3n) is 2.55. The number of carbonyl (C=O) groups is 1. The number of aromatic nitrogens is 2. The van der Waals surface area contributed by atoms with Gasteiger partial charge in [0.1, 0.15) is 28.8 Å². The highest BCUT2D eigenvalue weighted by Crippen LogP contribution is 2.29. The minimum atomic E-state index is -1.49. The second-order valence-electron chi connectivity index (χ2n) is 3.77. The molecule has 0 unspecified atom stereocenters. The van der Waals surface area contributed by atoms with Crippen molar-refractivity contribution in [3.63, 3.8) is 0 Å². The maximum Gasteiger partial charge on any atom is 0.339 e. The van der Waals surface area contributed by atoms with Crippen molar-refractivity contribution in [1.82, 2.24) is 9.97 Å². The van der Waals surface area contributed by atoms with Gasteiger partial charge in [0.15, 0.2) is 0 Å². The predicted octanol–water partition coefficient (Wildman–Crippen LogP) is 1.02. The van der Waals surface area contributed by atoms with Gasteiger partial charge < -0.3 is 16.6 Å². The number of nitrogens with zero attached hydrogens (tertiary/aromatic N) is 3. The summed E-state index contributed by atoms with van der Waals surface area (Å²) in [5.41, 5.74) is 10.00. The zero-order valence-electron chi connectivity index (χ0n) is 9.96. The third kappa shape index (κ3) is 2.08. The number of hydrogen-bond acceptors (Lipinski definition) is 6. The molecule has 0 bridgehead atoms. The molecule has 1 aromatic heterocycles. The lowest BCUT2D eigenvalue weighted by molar-refractivity contribution is 0.0693. The number of anilines is 2. The molecule has 0 fully saturated rings. The topological polar surface area (TPSA) is 139 Å². The number of hydrogen-bond donors (Lipinski definition) is 3. The molecule has 0 saturated heterocycles. The molecule has 1 heterocycles. The van der Waals surface area contributed by atoms with Crippen molar-refractivity contribution in [3.05, 3.63) is 35.1 Å². The molecular weight excluding hydrogens is 265 g/mol. The Kier molecular flexibility index (Phi) is 3.18. The predicted molar refractivity (Wildman–Crippen MR) is 67.9 cm³/mol. The first-order chi connectivity index (χ1) is 9.45. The van der Waals surface area contributed by atoms with Crippen LogP contribution in [0.4, 0.5) is 16.2 Å². The van der Waals surface area contributed by atoms with Crippen molar-refractivity contribution in [3.8, 4) is 17.3 Å². The molecule has 0 saturated carbocycles. The van der Waals surface area contributed by atoms with Crippen LogP contribution in [-0.2, 0) is 0 Å². The van der Waals surface area contributed by atoms with Crippen molar-refractivity contribution in [1.29, 1.82) is 5.26 Å². The molecule has 100 valence electrons. The van der Waals surface area contributed by atoms with Crippen LogP contribution in [0, 0.1) is 17.1 Å².